The summed E-state index contributed by atoms with van der Waals surface area (Å²) in [5.74, 6) is -2.02. The molecule has 116 valence electrons. The molecule has 0 spiro atoms. The average Bonchev–Trinajstić information content (AvgIpc) is 2.49. The molecule has 0 saturated carbocycles. The lowest BCUT2D eigenvalue weighted by Crippen LogP contribution is -2.08. The molecule has 0 aliphatic carbocycles. The number of carbonyl (C=O) groups is 1. The lowest BCUT2D eigenvalue weighted by molar-refractivity contribution is 0.0594. The number of halogens is 5. The molecule has 0 saturated heterocycles. The SMILES string of the molecule is COC(=O)c1nc(-c2c(C(F)F)ccc(Cl)c2F)cnc1Cl. The van der Waals surface area contributed by atoms with E-state index >= 15 is 0 Å². The summed E-state index contributed by atoms with van der Waals surface area (Å²) in [5.41, 5.74) is -1.90. The molecule has 0 aliphatic heterocycles. The van der Waals surface area contributed by atoms with Gasteiger partial charge in [-0.2, -0.15) is 0 Å². The van der Waals surface area contributed by atoms with Gasteiger partial charge in [0.25, 0.3) is 6.43 Å². The average molecular weight is 351 g/mol. The Morgan fingerprint density at radius 1 is 1.32 bits per heavy atom. The van der Waals surface area contributed by atoms with Gasteiger partial charge in [0, 0.05) is 11.1 Å². The molecule has 4 nitrogen and oxygen atoms in total. The maximum absolute atomic E-state index is 14.1. The first-order valence-corrected chi connectivity index (χ1v) is 6.49. The summed E-state index contributed by atoms with van der Waals surface area (Å²) in [6, 6.07) is 1.98. The number of methoxy groups -OCH3 is 1. The van der Waals surface area contributed by atoms with E-state index in [1.165, 1.54) is 0 Å². The molecule has 0 atom stereocenters. The van der Waals surface area contributed by atoms with Gasteiger partial charge in [0.05, 0.1) is 24.0 Å². The molecule has 2 rings (SSSR count). The normalized spacial score (nSPS) is 10.9. The fraction of sp³-hybridized carbons (Fsp3) is 0.154. The van der Waals surface area contributed by atoms with Crippen molar-refractivity contribution in [3.05, 3.63) is 45.6 Å². The van der Waals surface area contributed by atoms with Gasteiger partial charge in [0.2, 0.25) is 0 Å². The summed E-state index contributed by atoms with van der Waals surface area (Å²) in [6.07, 6.45) is -2.00. The van der Waals surface area contributed by atoms with Crippen molar-refractivity contribution in [2.24, 2.45) is 0 Å². The van der Waals surface area contributed by atoms with Crippen molar-refractivity contribution < 1.29 is 22.7 Å². The molecule has 1 heterocycles. The second-order valence-corrected chi connectivity index (χ2v) is 4.78. The standard InChI is InChI=1S/C13H7Cl2F3N2O2/c1-22-13(21)10-11(15)19-4-7(20-10)8-5(12(17)18)2-3-6(14)9(8)16/h2-4,12H,1H3. The largest absolute Gasteiger partial charge is 0.464 e. The number of rotatable bonds is 3. The topological polar surface area (TPSA) is 52.1 Å². The highest BCUT2D eigenvalue weighted by Gasteiger charge is 2.24. The molecule has 9 heteroatoms. The Balaban J connectivity index is 2.71. The number of alkyl halides is 2. The second kappa shape index (κ2) is 6.50. The van der Waals surface area contributed by atoms with Crippen molar-refractivity contribution in [2.75, 3.05) is 7.11 Å². The monoisotopic (exact) mass is 350 g/mol. The van der Waals surface area contributed by atoms with Crippen LogP contribution in [0, 0.1) is 5.82 Å². The van der Waals surface area contributed by atoms with Gasteiger partial charge in [-0.1, -0.05) is 29.3 Å². The van der Waals surface area contributed by atoms with E-state index in [1.807, 2.05) is 0 Å². The van der Waals surface area contributed by atoms with Gasteiger partial charge in [-0.3, -0.25) is 0 Å². The summed E-state index contributed by atoms with van der Waals surface area (Å²) >= 11 is 11.3. The van der Waals surface area contributed by atoms with Crippen LogP contribution in [0.1, 0.15) is 22.5 Å². The van der Waals surface area contributed by atoms with Crippen LogP contribution in [-0.4, -0.2) is 23.0 Å². The minimum absolute atomic E-state index is 0.295. The molecule has 1 aromatic carbocycles. The van der Waals surface area contributed by atoms with Crippen LogP contribution in [0.2, 0.25) is 10.2 Å². The summed E-state index contributed by atoms with van der Waals surface area (Å²) < 4.78 is 44.7. The van der Waals surface area contributed by atoms with Gasteiger partial charge < -0.3 is 4.74 Å². The van der Waals surface area contributed by atoms with Crippen molar-refractivity contribution in [3.8, 4) is 11.3 Å². The van der Waals surface area contributed by atoms with Crippen LogP contribution < -0.4 is 0 Å². The number of esters is 1. The third-order valence-corrected chi connectivity index (χ3v) is 3.29. The van der Waals surface area contributed by atoms with E-state index in [0.717, 1.165) is 25.4 Å². The Bertz CT molecular complexity index is 741. The molecule has 0 radical (unpaired) electrons. The molecule has 0 aliphatic rings. The van der Waals surface area contributed by atoms with E-state index in [9.17, 15) is 18.0 Å². The zero-order valence-electron chi connectivity index (χ0n) is 10.9. The molecular weight excluding hydrogens is 344 g/mol. The molecule has 0 N–H and O–H groups in total. The predicted octanol–water partition coefficient (Wildman–Crippen LogP) is 4.31. The van der Waals surface area contributed by atoms with E-state index in [1.54, 1.807) is 0 Å². The first-order chi connectivity index (χ1) is 10.4. The first-order valence-electron chi connectivity index (χ1n) is 5.74. The number of hydrogen-bond acceptors (Lipinski definition) is 4. The fourth-order valence-electron chi connectivity index (χ4n) is 1.73. The van der Waals surface area contributed by atoms with Crippen molar-refractivity contribution in [2.45, 2.75) is 6.43 Å². The Labute approximate surface area is 132 Å². The van der Waals surface area contributed by atoms with E-state index < -0.39 is 35.0 Å². The lowest BCUT2D eigenvalue weighted by atomic mass is 10.0. The van der Waals surface area contributed by atoms with Gasteiger partial charge in [0.1, 0.15) is 0 Å². The van der Waals surface area contributed by atoms with Crippen LogP contribution in [0.15, 0.2) is 18.3 Å². The summed E-state index contributed by atoms with van der Waals surface area (Å²) in [6.45, 7) is 0. The van der Waals surface area contributed by atoms with Gasteiger partial charge in [-0.25, -0.2) is 27.9 Å². The first kappa shape index (κ1) is 16.5. The minimum atomic E-state index is -2.97. The molecule has 0 unspecified atom stereocenters. The number of nitrogens with zero attached hydrogens (tertiary/aromatic N) is 2. The van der Waals surface area contributed by atoms with Crippen molar-refractivity contribution in [1.82, 2.24) is 9.97 Å². The lowest BCUT2D eigenvalue weighted by Gasteiger charge is -2.11. The smallest absolute Gasteiger partial charge is 0.359 e. The van der Waals surface area contributed by atoms with E-state index in [4.69, 9.17) is 23.2 Å². The number of hydrogen-bond donors (Lipinski definition) is 0. The molecule has 1 aromatic heterocycles. The third-order valence-electron chi connectivity index (χ3n) is 2.72. The summed E-state index contributed by atoms with van der Waals surface area (Å²) in [7, 11) is 1.08. The number of ether oxygens (including phenoxy) is 1. The Hall–Kier alpha value is -1.86. The second-order valence-electron chi connectivity index (χ2n) is 4.01. The van der Waals surface area contributed by atoms with E-state index in [0.29, 0.717) is 0 Å². The van der Waals surface area contributed by atoms with Crippen LogP contribution in [0.5, 0.6) is 0 Å². The van der Waals surface area contributed by atoms with Crippen molar-refractivity contribution in [3.63, 3.8) is 0 Å². The quantitative estimate of drug-likeness (QED) is 0.773. The Morgan fingerprint density at radius 2 is 2.00 bits per heavy atom. The maximum Gasteiger partial charge on any atom is 0.359 e. The van der Waals surface area contributed by atoms with Crippen LogP contribution in [-0.2, 0) is 4.74 Å². The van der Waals surface area contributed by atoms with Gasteiger partial charge in [-0.15, -0.1) is 0 Å². The number of benzene rings is 1. The van der Waals surface area contributed by atoms with Crippen molar-refractivity contribution in [1.29, 1.82) is 0 Å². The molecule has 0 bridgehead atoms. The Morgan fingerprint density at radius 3 is 2.59 bits per heavy atom. The zero-order chi connectivity index (χ0) is 16.4. The van der Waals surface area contributed by atoms with Crippen molar-refractivity contribution >= 4 is 29.2 Å². The molecule has 0 amide bonds. The van der Waals surface area contributed by atoms with Gasteiger partial charge in [0.15, 0.2) is 16.7 Å². The van der Waals surface area contributed by atoms with Gasteiger partial charge in [-0.05, 0) is 6.07 Å². The third kappa shape index (κ3) is 3.00. The molecule has 22 heavy (non-hydrogen) atoms. The highest BCUT2D eigenvalue weighted by molar-refractivity contribution is 6.32. The van der Waals surface area contributed by atoms with E-state index in [-0.39, 0.29) is 15.9 Å². The van der Waals surface area contributed by atoms with Crippen LogP contribution in [0.25, 0.3) is 11.3 Å². The fourth-order valence-corrected chi connectivity index (χ4v) is 2.05. The van der Waals surface area contributed by atoms with Crippen LogP contribution in [0.3, 0.4) is 0 Å². The summed E-state index contributed by atoms with van der Waals surface area (Å²) in [5, 5.41) is -0.660. The molecular formula is C13H7Cl2F3N2O2. The van der Waals surface area contributed by atoms with Crippen LogP contribution in [0.4, 0.5) is 13.2 Å². The maximum atomic E-state index is 14.1. The molecule has 2 aromatic rings. The van der Waals surface area contributed by atoms with E-state index in [2.05, 4.69) is 14.7 Å². The highest BCUT2D eigenvalue weighted by atomic mass is 35.5. The summed E-state index contributed by atoms with van der Waals surface area (Å²) in [4.78, 5) is 18.9. The minimum Gasteiger partial charge on any atom is -0.464 e. The zero-order valence-corrected chi connectivity index (χ0v) is 12.4. The number of aromatic nitrogens is 2. The highest BCUT2D eigenvalue weighted by Crippen LogP contribution is 2.35. The Kier molecular flexibility index (Phi) is 4.87. The molecule has 0 fully saturated rings. The number of carbonyl (C=O) groups excluding carboxylic acids is 1. The van der Waals surface area contributed by atoms with Gasteiger partial charge >= 0.3 is 5.97 Å². The van der Waals surface area contributed by atoms with Crippen LogP contribution >= 0.6 is 23.2 Å². The predicted molar refractivity (Wildman–Crippen MR) is 73.7 cm³/mol.